The highest BCUT2D eigenvalue weighted by molar-refractivity contribution is 9.10. The topological polar surface area (TPSA) is 57.9 Å². The van der Waals surface area contributed by atoms with Gasteiger partial charge in [-0.1, -0.05) is 19.1 Å². The monoisotopic (exact) mass is 287 g/mol. The highest BCUT2D eigenvalue weighted by atomic mass is 79.9. The van der Waals surface area contributed by atoms with Gasteiger partial charge in [-0.25, -0.2) is 8.42 Å². The lowest BCUT2D eigenvalue weighted by Gasteiger charge is -2.09. The van der Waals surface area contributed by atoms with E-state index in [1.165, 1.54) is 6.07 Å². The number of nitrogens with zero attached hydrogens (tertiary/aromatic N) is 1. The van der Waals surface area contributed by atoms with Crippen LogP contribution in [0.5, 0.6) is 0 Å². The lowest BCUT2D eigenvalue weighted by atomic mass is 10.4. The third-order valence-corrected chi connectivity index (χ3v) is 5.14. The molecule has 0 aliphatic heterocycles. The van der Waals surface area contributed by atoms with Gasteiger partial charge in [0.05, 0.1) is 11.0 Å². The van der Waals surface area contributed by atoms with Crippen LogP contribution in [0.2, 0.25) is 0 Å². The fourth-order valence-electron chi connectivity index (χ4n) is 1.21. The first-order valence-corrected chi connectivity index (χ1v) is 6.76. The van der Waals surface area contributed by atoms with Crippen LogP contribution in [-0.2, 0) is 9.84 Å². The van der Waals surface area contributed by atoms with Gasteiger partial charge in [0.15, 0.2) is 15.1 Å². The second-order valence-electron chi connectivity index (χ2n) is 3.00. The predicted octanol–water partition coefficient (Wildman–Crippen LogP) is 2.52. The molecule has 0 saturated carbocycles. The smallest absolute Gasteiger partial charge is 0.195 e. The maximum absolute atomic E-state index is 12.0. The van der Waals surface area contributed by atoms with E-state index in [2.05, 4.69) is 15.9 Å². The van der Waals surface area contributed by atoms with Crippen molar-refractivity contribution in [3.63, 3.8) is 0 Å². The van der Waals surface area contributed by atoms with Crippen LogP contribution in [0.25, 0.3) is 0 Å². The number of nitriles is 1. The van der Waals surface area contributed by atoms with Crippen molar-refractivity contribution in [3.05, 3.63) is 28.7 Å². The van der Waals surface area contributed by atoms with Crippen LogP contribution in [0.15, 0.2) is 33.6 Å². The molecule has 0 aliphatic rings. The molecule has 0 bridgehead atoms. The van der Waals surface area contributed by atoms with E-state index in [0.29, 0.717) is 10.9 Å². The molecule has 0 aliphatic carbocycles. The van der Waals surface area contributed by atoms with Gasteiger partial charge in [0.25, 0.3) is 0 Å². The summed E-state index contributed by atoms with van der Waals surface area (Å²) >= 11 is 3.17. The highest BCUT2D eigenvalue weighted by Gasteiger charge is 2.27. The average Bonchev–Trinajstić information content (AvgIpc) is 2.19. The van der Waals surface area contributed by atoms with Crippen molar-refractivity contribution in [2.45, 2.75) is 23.5 Å². The van der Waals surface area contributed by atoms with Crippen LogP contribution in [0.3, 0.4) is 0 Å². The van der Waals surface area contributed by atoms with Gasteiger partial charge < -0.3 is 0 Å². The van der Waals surface area contributed by atoms with E-state index < -0.39 is 15.1 Å². The van der Waals surface area contributed by atoms with Crippen molar-refractivity contribution in [1.29, 1.82) is 5.26 Å². The maximum atomic E-state index is 12.0. The van der Waals surface area contributed by atoms with E-state index in [0.717, 1.165) is 0 Å². The Balaban J connectivity index is 3.31. The molecule has 0 aromatic heterocycles. The first kappa shape index (κ1) is 12.2. The number of halogens is 1. The minimum absolute atomic E-state index is 0.179. The number of rotatable bonds is 3. The van der Waals surface area contributed by atoms with E-state index in [9.17, 15) is 8.42 Å². The molecular formula is C10H10BrNO2S. The molecule has 1 aromatic carbocycles. The summed E-state index contributed by atoms with van der Waals surface area (Å²) in [6.45, 7) is 1.68. The second kappa shape index (κ2) is 4.77. The van der Waals surface area contributed by atoms with E-state index in [4.69, 9.17) is 5.26 Å². The molecule has 80 valence electrons. The molecule has 0 amide bonds. The fraction of sp³-hybridized carbons (Fsp3) is 0.300. The summed E-state index contributed by atoms with van der Waals surface area (Å²) in [6.07, 6.45) is 0.292. The molecule has 0 radical (unpaired) electrons. The van der Waals surface area contributed by atoms with Gasteiger partial charge in [0, 0.05) is 4.47 Å². The van der Waals surface area contributed by atoms with Crippen LogP contribution in [0.1, 0.15) is 13.3 Å². The normalized spacial score (nSPS) is 13.1. The summed E-state index contributed by atoms with van der Waals surface area (Å²) in [6, 6.07) is 8.33. The molecule has 0 N–H and O–H groups in total. The fourth-order valence-corrected chi connectivity index (χ4v) is 3.66. The summed E-state index contributed by atoms with van der Waals surface area (Å²) < 4.78 is 24.4. The predicted molar refractivity (Wildman–Crippen MR) is 61.0 cm³/mol. The number of hydrogen-bond donors (Lipinski definition) is 0. The van der Waals surface area contributed by atoms with Crippen LogP contribution in [0, 0.1) is 11.3 Å². The molecule has 1 aromatic rings. The van der Waals surface area contributed by atoms with Crippen molar-refractivity contribution in [3.8, 4) is 6.07 Å². The van der Waals surface area contributed by atoms with Crippen LogP contribution in [0.4, 0.5) is 0 Å². The Morgan fingerprint density at radius 3 is 2.53 bits per heavy atom. The van der Waals surface area contributed by atoms with E-state index in [1.807, 2.05) is 6.07 Å². The molecule has 3 nitrogen and oxygen atoms in total. The number of benzene rings is 1. The largest absolute Gasteiger partial charge is 0.222 e. The summed E-state index contributed by atoms with van der Waals surface area (Å²) in [4.78, 5) is 0.179. The summed E-state index contributed by atoms with van der Waals surface area (Å²) in [5.41, 5.74) is 0. The van der Waals surface area contributed by atoms with Crippen molar-refractivity contribution in [2.24, 2.45) is 0 Å². The van der Waals surface area contributed by atoms with Crippen molar-refractivity contribution >= 4 is 25.8 Å². The summed E-state index contributed by atoms with van der Waals surface area (Å²) in [5, 5.41) is 7.79. The maximum Gasteiger partial charge on any atom is 0.195 e. The van der Waals surface area contributed by atoms with E-state index in [1.54, 1.807) is 25.1 Å². The average molecular weight is 288 g/mol. The summed E-state index contributed by atoms with van der Waals surface area (Å²) in [7, 11) is -3.54. The van der Waals surface area contributed by atoms with Gasteiger partial charge in [-0.2, -0.15) is 5.26 Å². The molecule has 0 saturated heterocycles. The first-order chi connectivity index (χ1) is 7.04. The van der Waals surface area contributed by atoms with Crippen LogP contribution >= 0.6 is 15.9 Å². The van der Waals surface area contributed by atoms with Gasteiger partial charge in [-0.05, 0) is 34.5 Å². The molecule has 0 fully saturated rings. The van der Waals surface area contributed by atoms with Crippen molar-refractivity contribution < 1.29 is 8.42 Å². The molecule has 15 heavy (non-hydrogen) atoms. The zero-order valence-electron chi connectivity index (χ0n) is 8.14. The van der Waals surface area contributed by atoms with Crippen LogP contribution in [-0.4, -0.2) is 13.7 Å². The molecule has 1 unspecified atom stereocenters. The Bertz CT molecular complexity index is 490. The van der Waals surface area contributed by atoms with Gasteiger partial charge in [0.2, 0.25) is 0 Å². The Morgan fingerprint density at radius 1 is 1.47 bits per heavy atom. The third kappa shape index (κ3) is 2.39. The molecular weight excluding hydrogens is 278 g/mol. The molecule has 0 spiro atoms. The Kier molecular flexibility index (Phi) is 3.89. The molecule has 5 heteroatoms. The van der Waals surface area contributed by atoms with E-state index in [-0.39, 0.29) is 4.90 Å². The SMILES string of the molecule is CCC(C#N)S(=O)(=O)c1ccccc1Br. The standard InChI is InChI=1S/C10H10BrNO2S/c1-2-8(7-12)15(13,14)10-6-4-3-5-9(10)11/h3-6,8H,2H2,1H3. The lowest BCUT2D eigenvalue weighted by Crippen LogP contribution is -2.19. The molecule has 0 heterocycles. The van der Waals surface area contributed by atoms with E-state index >= 15 is 0 Å². The van der Waals surface area contributed by atoms with Gasteiger partial charge in [0.1, 0.15) is 0 Å². The van der Waals surface area contributed by atoms with Crippen LogP contribution < -0.4 is 0 Å². The van der Waals surface area contributed by atoms with Crippen molar-refractivity contribution in [1.82, 2.24) is 0 Å². The number of hydrogen-bond acceptors (Lipinski definition) is 3. The first-order valence-electron chi connectivity index (χ1n) is 4.42. The molecule has 1 atom stereocenters. The Morgan fingerprint density at radius 2 is 2.07 bits per heavy atom. The third-order valence-electron chi connectivity index (χ3n) is 2.03. The zero-order chi connectivity index (χ0) is 11.5. The molecule has 1 rings (SSSR count). The Labute approximate surface area is 97.8 Å². The number of sulfone groups is 1. The minimum Gasteiger partial charge on any atom is -0.222 e. The van der Waals surface area contributed by atoms with Crippen molar-refractivity contribution in [2.75, 3.05) is 0 Å². The quantitative estimate of drug-likeness (QED) is 0.858. The Hall–Kier alpha value is -0.860. The zero-order valence-corrected chi connectivity index (χ0v) is 10.5. The highest BCUT2D eigenvalue weighted by Crippen LogP contribution is 2.25. The lowest BCUT2D eigenvalue weighted by molar-refractivity contribution is 0.587. The van der Waals surface area contributed by atoms with Gasteiger partial charge in [-0.3, -0.25) is 0 Å². The minimum atomic E-state index is -3.54. The van der Waals surface area contributed by atoms with Gasteiger partial charge >= 0.3 is 0 Å². The second-order valence-corrected chi connectivity index (χ2v) is 5.95. The summed E-state index contributed by atoms with van der Waals surface area (Å²) in [5.74, 6) is 0. The van der Waals surface area contributed by atoms with Gasteiger partial charge in [-0.15, -0.1) is 0 Å².